The lowest BCUT2D eigenvalue weighted by molar-refractivity contribution is -0.385. The lowest BCUT2D eigenvalue weighted by Gasteiger charge is -1.95. The number of esters is 1. The van der Waals surface area contributed by atoms with Gasteiger partial charge in [0.1, 0.15) is 6.61 Å². The Morgan fingerprint density at radius 3 is 2.69 bits per heavy atom. The lowest BCUT2D eigenvalue weighted by Crippen LogP contribution is -2.09. The van der Waals surface area contributed by atoms with E-state index in [9.17, 15) is 19.7 Å². The number of rotatable bonds is 4. The van der Waals surface area contributed by atoms with E-state index in [-0.39, 0.29) is 0 Å². The fraction of sp³-hybridized carbons (Fsp3) is 0.286. The first kappa shape index (κ1) is 11.8. The number of hydrogen-bond acceptors (Lipinski definition) is 7. The first-order valence-electron chi connectivity index (χ1n) is 3.98. The Labute approximate surface area is 88.2 Å². The molecule has 16 heavy (non-hydrogen) atoms. The first-order valence-corrected chi connectivity index (χ1v) is 3.98. The predicted molar refractivity (Wildman–Crippen MR) is 48.0 cm³/mol. The summed E-state index contributed by atoms with van der Waals surface area (Å²) in [5, 5.41) is 24.5. The number of ketones is 1. The molecule has 0 radical (unpaired) electrons. The molecule has 0 amide bonds. The molecular weight excluding hydrogens is 222 g/mol. The van der Waals surface area contributed by atoms with Gasteiger partial charge in [0.05, 0.1) is 12.0 Å². The van der Waals surface area contributed by atoms with E-state index in [0.717, 1.165) is 7.11 Å². The molecule has 0 unspecified atom stereocenters. The van der Waals surface area contributed by atoms with Crippen molar-refractivity contribution in [2.75, 3.05) is 13.7 Å². The van der Waals surface area contributed by atoms with Crippen molar-refractivity contribution in [2.24, 2.45) is 0 Å². The SMILES string of the molecule is COC(=O)c1[nH]nc(C(=O)CO)c1[N+](=O)[O-]. The van der Waals surface area contributed by atoms with Gasteiger partial charge in [0.15, 0.2) is 0 Å². The number of aliphatic hydroxyl groups excluding tert-OH is 1. The molecule has 1 heterocycles. The lowest BCUT2D eigenvalue weighted by atomic mass is 10.2. The number of Topliss-reactive ketones (excluding diaryl/α,β-unsaturated/α-hetero) is 1. The van der Waals surface area contributed by atoms with Gasteiger partial charge in [-0.1, -0.05) is 0 Å². The maximum Gasteiger partial charge on any atom is 0.363 e. The number of hydrogen-bond donors (Lipinski definition) is 2. The van der Waals surface area contributed by atoms with Gasteiger partial charge in [-0.15, -0.1) is 0 Å². The number of aliphatic hydroxyl groups is 1. The van der Waals surface area contributed by atoms with E-state index >= 15 is 0 Å². The van der Waals surface area contributed by atoms with Gasteiger partial charge in [-0.05, 0) is 0 Å². The van der Waals surface area contributed by atoms with Crippen molar-refractivity contribution in [3.63, 3.8) is 0 Å². The molecule has 0 aromatic carbocycles. The zero-order chi connectivity index (χ0) is 12.3. The third-order valence-electron chi connectivity index (χ3n) is 1.72. The van der Waals surface area contributed by atoms with Gasteiger partial charge in [0.25, 0.3) is 0 Å². The summed E-state index contributed by atoms with van der Waals surface area (Å²) in [5.41, 5.74) is -1.94. The molecular formula is C7H7N3O6. The molecule has 0 saturated carbocycles. The Morgan fingerprint density at radius 1 is 1.62 bits per heavy atom. The summed E-state index contributed by atoms with van der Waals surface area (Å²) < 4.78 is 4.27. The number of carbonyl (C=O) groups is 2. The molecule has 1 rings (SSSR count). The first-order chi connectivity index (χ1) is 7.52. The van der Waals surface area contributed by atoms with Gasteiger partial charge in [0, 0.05) is 0 Å². The molecule has 0 aliphatic heterocycles. The fourth-order valence-corrected chi connectivity index (χ4v) is 1.03. The number of ether oxygens (including phenoxy) is 1. The highest BCUT2D eigenvalue weighted by Crippen LogP contribution is 2.21. The number of H-pyrrole nitrogens is 1. The van der Waals surface area contributed by atoms with Crippen molar-refractivity contribution in [1.82, 2.24) is 10.2 Å². The van der Waals surface area contributed by atoms with Crippen LogP contribution in [0.4, 0.5) is 5.69 Å². The number of nitrogens with one attached hydrogen (secondary N) is 1. The second-order valence-electron chi connectivity index (χ2n) is 2.63. The highest BCUT2D eigenvalue weighted by atomic mass is 16.6. The Bertz CT molecular complexity index is 417. The number of nitrogens with zero attached hydrogens (tertiary/aromatic N) is 2. The molecule has 9 heteroatoms. The van der Waals surface area contributed by atoms with Crippen molar-refractivity contribution in [3.05, 3.63) is 21.5 Å². The minimum atomic E-state index is -1.02. The minimum Gasteiger partial charge on any atom is -0.464 e. The van der Waals surface area contributed by atoms with E-state index in [1.54, 1.807) is 0 Å². The summed E-state index contributed by atoms with van der Waals surface area (Å²) in [6, 6.07) is 0. The van der Waals surface area contributed by atoms with Crippen LogP contribution in [0.25, 0.3) is 0 Å². The number of aromatic nitrogens is 2. The van der Waals surface area contributed by atoms with Gasteiger partial charge in [-0.3, -0.25) is 20.0 Å². The van der Waals surface area contributed by atoms with E-state index in [0.29, 0.717) is 0 Å². The third kappa shape index (κ3) is 1.88. The molecule has 0 aliphatic carbocycles. The van der Waals surface area contributed by atoms with Crippen LogP contribution in [-0.4, -0.2) is 45.7 Å². The van der Waals surface area contributed by atoms with Crippen molar-refractivity contribution in [2.45, 2.75) is 0 Å². The Kier molecular flexibility index (Phi) is 3.30. The van der Waals surface area contributed by atoms with Crippen LogP contribution in [0.15, 0.2) is 0 Å². The van der Waals surface area contributed by atoms with E-state index in [2.05, 4.69) is 9.84 Å². The molecule has 0 bridgehead atoms. The second-order valence-corrected chi connectivity index (χ2v) is 2.63. The number of carbonyl (C=O) groups excluding carboxylic acids is 2. The van der Waals surface area contributed by atoms with Gasteiger partial charge < -0.3 is 9.84 Å². The molecule has 9 nitrogen and oxygen atoms in total. The van der Waals surface area contributed by atoms with Crippen molar-refractivity contribution < 1.29 is 24.4 Å². The summed E-state index contributed by atoms with van der Waals surface area (Å²) in [7, 11) is 1.03. The highest BCUT2D eigenvalue weighted by molar-refractivity contribution is 6.03. The van der Waals surface area contributed by atoms with E-state index in [4.69, 9.17) is 5.11 Å². The molecule has 0 fully saturated rings. The standard InChI is InChI=1S/C7H7N3O6/c1-16-7(13)5-6(10(14)15)4(8-9-5)3(12)2-11/h11H,2H2,1H3,(H,8,9). The summed E-state index contributed by atoms with van der Waals surface area (Å²) in [5.74, 6) is -1.98. The second kappa shape index (κ2) is 4.49. The highest BCUT2D eigenvalue weighted by Gasteiger charge is 2.32. The summed E-state index contributed by atoms with van der Waals surface area (Å²) in [4.78, 5) is 31.9. The van der Waals surface area contributed by atoms with E-state index < -0.39 is 40.4 Å². The van der Waals surface area contributed by atoms with E-state index in [1.165, 1.54) is 0 Å². The number of methoxy groups -OCH3 is 1. The predicted octanol–water partition coefficient (Wildman–Crippen LogP) is -0.721. The Morgan fingerprint density at radius 2 is 2.25 bits per heavy atom. The molecule has 1 aromatic rings. The van der Waals surface area contributed by atoms with Crippen LogP contribution in [0.5, 0.6) is 0 Å². The van der Waals surface area contributed by atoms with E-state index in [1.807, 2.05) is 5.10 Å². The molecule has 1 aromatic heterocycles. The van der Waals surface area contributed by atoms with Crippen LogP contribution < -0.4 is 0 Å². The largest absolute Gasteiger partial charge is 0.464 e. The molecule has 2 N–H and O–H groups in total. The summed E-state index contributed by atoms with van der Waals surface area (Å²) in [6.45, 7) is -0.938. The summed E-state index contributed by atoms with van der Waals surface area (Å²) >= 11 is 0. The molecule has 0 spiro atoms. The van der Waals surface area contributed by atoms with Crippen LogP contribution in [0.3, 0.4) is 0 Å². The zero-order valence-electron chi connectivity index (χ0n) is 8.09. The topological polar surface area (TPSA) is 135 Å². The monoisotopic (exact) mass is 229 g/mol. The zero-order valence-corrected chi connectivity index (χ0v) is 8.09. The Balaban J connectivity index is 3.33. The van der Waals surface area contributed by atoms with Crippen LogP contribution in [0.2, 0.25) is 0 Å². The maximum absolute atomic E-state index is 11.1. The van der Waals surface area contributed by atoms with Crippen LogP contribution in [-0.2, 0) is 4.74 Å². The van der Waals surface area contributed by atoms with Crippen molar-refractivity contribution in [1.29, 1.82) is 0 Å². The normalized spacial score (nSPS) is 9.88. The summed E-state index contributed by atoms with van der Waals surface area (Å²) in [6.07, 6.45) is 0. The van der Waals surface area contributed by atoms with Crippen LogP contribution >= 0.6 is 0 Å². The average molecular weight is 229 g/mol. The molecule has 0 atom stereocenters. The van der Waals surface area contributed by atoms with Gasteiger partial charge in [-0.25, -0.2) is 4.79 Å². The number of aromatic amines is 1. The average Bonchev–Trinajstić information content (AvgIpc) is 2.71. The van der Waals surface area contributed by atoms with Gasteiger partial charge in [-0.2, -0.15) is 5.10 Å². The van der Waals surface area contributed by atoms with Gasteiger partial charge in [0.2, 0.25) is 17.2 Å². The molecule has 0 aliphatic rings. The number of nitro groups is 1. The van der Waals surface area contributed by atoms with Crippen LogP contribution in [0, 0.1) is 10.1 Å². The Hall–Kier alpha value is -2.29. The molecule has 0 saturated heterocycles. The third-order valence-corrected chi connectivity index (χ3v) is 1.72. The fourth-order valence-electron chi connectivity index (χ4n) is 1.03. The van der Waals surface area contributed by atoms with Crippen molar-refractivity contribution in [3.8, 4) is 0 Å². The quantitative estimate of drug-likeness (QED) is 0.301. The van der Waals surface area contributed by atoms with Gasteiger partial charge >= 0.3 is 11.7 Å². The smallest absolute Gasteiger partial charge is 0.363 e. The minimum absolute atomic E-state index is 0.538. The van der Waals surface area contributed by atoms with Crippen molar-refractivity contribution >= 4 is 17.4 Å². The van der Waals surface area contributed by atoms with Crippen LogP contribution in [0.1, 0.15) is 21.0 Å². The maximum atomic E-state index is 11.1. The molecule has 86 valence electrons.